The van der Waals surface area contributed by atoms with Crippen molar-refractivity contribution in [2.75, 3.05) is 26.7 Å². The Hall–Kier alpha value is -1.95. The summed E-state index contributed by atoms with van der Waals surface area (Å²) >= 11 is 0. The average molecular weight is 348 g/mol. The molecule has 1 amide bonds. The number of nitriles is 1. The minimum Gasteiger partial charge on any atom is -0.355 e. The third-order valence-corrected chi connectivity index (χ3v) is 6.41. The van der Waals surface area contributed by atoms with Gasteiger partial charge in [0.25, 0.3) is 5.91 Å². The maximum absolute atomic E-state index is 12.8. The van der Waals surface area contributed by atoms with Crippen molar-refractivity contribution in [3.63, 3.8) is 0 Å². The topological polar surface area (TPSA) is 93.5 Å². The van der Waals surface area contributed by atoms with Crippen LogP contribution in [-0.2, 0) is 10.0 Å². The Labute approximate surface area is 141 Å². The Kier molecular flexibility index (Phi) is 4.58. The second kappa shape index (κ2) is 6.51. The van der Waals surface area contributed by atoms with Crippen LogP contribution in [0.15, 0.2) is 29.2 Å². The van der Waals surface area contributed by atoms with Gasteiger partial charge in [0.05, 0.1) is 11.0 Å². The number of nitrogens with one attached hydrogen (secondary N) is 1. The molecular formula is C16H20N4O3S. The van der Waals surface area contributed by atoms with Crippen LogP contribution in [0.25, 0.3) is 0 Å². The van der Waals surface area contributed by atoms with Crippen molar-refractivity contribution in [3.05, 3.63) is 29.8 Å². The second-order valence-electron chi connectivity index (χ2n) is 6.08. The monoisotopic (exact) mass is 348 g/mol. The molecule has 1 N–H and O–H groups in total. The van der Waals surface area contributed by atoms with Crippen molar-refractivity contribution in [2.45, 2.75) is 29.8 Å². The zero-order valence-corrected chi connectivity index (χ0v) is 14.3. The zero-order valence-electron chi connectivity index (χ0n) is 13.5. The van der Waals surface area contributed by atoms with Gasteiger partial charge in [-0.15, -0.1) is 0 Å². The smallest absolute Gasteiger partial charge is 0.251 e. The van der Waals surface area contributed by atoms with Crippen molar-refractivity contribution in [1.82, 2.24) is 14.5 Å². The fourth-order valence-corrected chi connectivity index (χ4v) is 4.46. The predicted molar refractivity (Wildman–Crippen MR) is 87.7 cm³/mol. The molecule has 1 aromatic rings. The molecule has 7 nitrogen and oxygen atoms in total. The van der Waals surface area contributed by atoms with E-state index in [1.54, 1.807) is 0 Å². The normalized spacial score (nSPS) is 22.8. The van der Waals surface area contributed by atoms with Crippen molar-refractivity contribution >= 4 is 15.9 Å². The van der Waals surface area contributed by atoms with Gasteiger partial charge in [-0.05, 0) is 37.1 Å². The third kappa shape index (κ3) is 3.15. The second-order valence-corrected chi connectivity index (χ2v) is 8.02. The largest absolute Gasteiger partial charge is 0.355 e. The molecule has 1 unspecified atom stereocenters. The summed E-state index contributed by atoms with van der Waals surface area (Å²) in [5, 5.41) is 11.9. The van der Waals surface area contributed by atoms with Gasteiger partial charge >= 0.3 is 0 Å². The zero-order chi connectivity index (χ0) is 17.3. The summed E-state index contributed by atoms with van der Waals surface area (Å²) in [5.41, 5.74) is 0.407. The van der Waals surface area contributed by atoms with E-state index in [4.69, 9.17) is 0 Å². The number of hydrogen-bond donors (Lipinski definition) is 1. The summed E-state index contributed by atoms with van der Waals surface area (Å²) in [6, 6.07) is 8.13. The van der Waals surface area contributed by atoms with Crippen LogP contribution in [0.4, 0.5) is 0 Å². The van der Waals surface area contributed by atoms with E-state index in [1.165, 1.54) is 35.6 Å². The first-order chi connectivity index (χ1) is 11.5. The van der Waals surface area contributed by atoms with Crippen LogP contribution in [0.5, 0.6) is 0 Å². The fourth-order valence-electron chi connectivity index (χ4n) is 3.02. The first-order valence-corrected chi connectivity index (χ1v) is 9.39. The van der Waals surface area contributed by atoms with Crippen LogP contribution in [0.3, 0.4) is 0 Å². The lowest BCUT2D eigenvalue weighted by Gasteiger charge is -2.37. The van der Waals surface area contributed by atoms with Gasteiger partial charge in [0.1, 0.15) is 6.04 Å². The number of hydrogen-bond acceptors (Lipinski definition) is 5. The van der Waals surface area contributed by atoms with Gasteiger partial charge in [0, 0.05) is 38.3 Å². The van der Waals surface area contributed by atoms with Crippen molar-refractivity contribution in [3.8, 4) is 6.07 Å². The van der Waals surface area contributed by atoms with Crippen molar-refractivity contribution in [2.24, 2.45) is 0 Å². The van der Waals surface area contributed by atoms with E-state index < -0.39 is 16.1 Å². The van der Waals surface area contributed by atoms with Gasteiger partial charge in [0.15, 0.2) is 0 Å². The molecule has 1 aromatic carbocycles. The molecule has 128 valence electrons. The number of carbonyl (C=O) groups is 1. The average Bonchev–Trinajstić information content (AvgIpc) is 3.45. The molecule has 1 aliphatic carbocycles. The predicted octanol–water partition coefficient (Wildman–Crippen LogP) is 0.407. The quantitative estimate of drug-likeness (QED) is 0.850. The molecule has 0 radical (unpaired) electrons. The highest BCUT2D eigenvalue weighted by Crippen LogP contribution is 2.31. The summed E-state index contributed by atoms with van der Waals surface area (Å²) in [6.07, 6.45) is 2.18. The highest BCUT2D eigenvalue weighted by Gasteiger charge is 2.40. The Morgan fingerprint density at radius 3 is 2.46 bits per heavy atom. The summed E-state index contributed by atoms with van der Waals surface area (Å²) in [6.45, 7) is 1.15. The molecule has 1 atom stereocenters. The van der Waals surface area contributed by atoms with Crippen LogP contribution < -0.4 is 5.32 Å². The van der Waals surface area contributed by atoms with Gasteiger partial charge in [-0.1, -0.05) is 0 Å². The molecule has 1 heterocycles. The molecule has 0 spiro atoms. The Morgan fingerprint density at radius 2 is 1.92 bits per heavy atom. The molecule has 0 aromatic heterocycles. The van der Waals surface area contributed by atoms with E-state index in [9.17, 15) is 18.5 Å². The Balaban J connectivity index is 1.78. The molecule has 1 aliphatic heterocycles. The number of sulfonamides is 1. The SMILES string of the molecule is CNC(=O)c1ccc(S(=O)(=O)N2CCN(C3CC3)C(C#N)C2)cc1. The molecule has 3 rings (SSSR count). The minimum absolute atomic E-state index is 0.145. The van der Waals surface area contributed by atoms with Crippen LogP contribution in [-0.4, -0.2) is 62.3 Å². The Bertz CT molecular complexity index is 766. The molecular weight excluding hydrogens is 328 g/mol. The molecule has 1 saturated carbocycles. The highest BCUT2D eigenvalue weighted by molar-refractivity contribution is 7.89. The lowest BCUT2D eigenvalue weighted by atomic mass is 10.2. The molecule has 8 heteroatoms. The number of nitrogens with zero attached hydrogens (tertiary/aromatic N) is 3. The van der Waals surface area contributed by atoms with Crippen molar-refractivity contribution in [1.29, 1.82) is 5.26 Å². The number of amides is 1. The van der Waals surface area contributed by atoms with E-state index in [-0.39, 0.29) is 17.3 Å². The number of piperazine rings is 1. The van der Waals surface area contributed by atoms with Crippen molar-refractivity contribution < 1.29 is 13.2 Å². The molecule has 0 bridgehead atoms. The van der Waals surface area contributed by atoms with E-state index in [0.29, 0.717) is 24.7 Å². The lowest BCUT2D eigenvalue weighted by Crippen LogP contribution is -2.54. The van der Waals surface area contributed by atoms with E-state index >= 15 is 0 Å². The van der Waals surface area contributed by atoms with Crippen LogP contribution in [0.2, 0.25) is 0 Å². The fraction of sp³-hybridized carbons (Fsp3) is 0.500. The third-order valence-electron chi connectivity index (χ3n) is 4.53. The molecule has 1 saturated heterocycles. The van der Waals surface area contributed by atoms with E-state index in [2.05, 4.69) is 16.3 Å². The maximum Gasteiger partial charge on any atom is 0.251 e. The summed E-state index contributed by atoms with van der Waals surface area (Å²) < 4.78 is 26.9. The number of benzene rings is 1. The summed E-state index contributed by atoms with van der Waals surface area (Å²) in [7, 11) is -2.14. The van der Waals surface area contributed by atoms with Gasteiger partial charge < -0.3 is 5.32 Å². The number of carbonyl (C=O) groups excluding carboxylic acids is 1. The van der Waals surface area contributed by atoms with E-state index in [1.807, 2.05) is 0 Å². The maximum atomic E-state index is 12.8. The first kappa shape index (κ1) is 16.9. The van der Waals surface area contributed by atoms with Gasteiger partial charge in [-0.25, -0.2) is 8.42 Å². The van der Waals surface area contributed by atoms with Crippen LogP contribution in [0, 0.1) is 11.3 Å². The Morgan fingerprint density at radius 1 is 1.25 bits per heavy atom. The van der Waals surface area contributed by atoms with Crippen LogP contribution in [0.1, 0.15) is 23.2 Å². The summed E-state index contributed by atoms with van der Waals surface area (Å²) in [4.78, 5) is 13.8. The molecule has 2 fully saturated rings. The van der Waals surface area contributed by atoms with E-state index in [0.717, 1.165) is 12.8 Å². The molecule has 24 heavy (non-hydrogen) atoms. The minimum atomic E-state index is -3.66. The molecule has 2 aliphatic rings. The first-order valence-electron chi connectivity index (χ1n) is 7.95. The summed E-state index contributed by atoms with van der Waals surface area (Å²) in [5.74, 6) is -0.262. The lowest BCUT2D eigenvalue weighted by molar-refractivity contribution is 0.0963. The number of rotatable bonds is 4. The van der Waals surface area contributed by atoms with Gasteiger partial charge in [0.2, 0.25) is 10.0 Å². The van der Waals surface area contributed by atoms with Gasteiger partial charge in [-0.2, -0.15) is 9.57 Å². The van der Waals surface area contributed by atoms with Crippen LogP contribution >= 0.6 is 0 Å². The standard InChI is InChI=1S/C16H20N4O3S/c1-18-16(21)12-2-6-15(7-3-12)24(22,23)19-8-9-20(13-4-5-13)14(10-17)11-19/h2-3,6-7,13-14H,4-5,8-9,11H2,1H3,(H,18,21). The highest BCUT2D eigenvalue weighted by atomic mass is 32.2. The van der Waals surface area contributed by atoms with Gasteiger partial charge in [-0.3, -0.25) is 9.69 Å².